The Morgan fingerprint density at radius 3 is 2.95 bits per heavy atom. The first kappa shape index (κ1) is 14.0. The number of hydrogen-bond donors (Lipinski definition) is 1. The molecular weight excluding hydrogens is 330 g/mol. The Morgan fingerprint density at radius 2 is 2.32 bits per heavy atom. The summed E-state index contributed by atoms with van der Waals surface area (Å²) >= 11 is 4.85. The number of aryl methyl sites for hydroxylation is 1. The lowest BCUT2D eigenvalue weighted by Gasteiger charge is -2.05. The Labute approximate surface area is 123 Å². The Balaban J connectivity index is 2.12. The molecule has 2 aromatic rings. The number of nitrogens with zero attached hydrogens (tertiary/aromatic N) is 2. The number of hydrogen-bond acceptors (Lipinski definition) is 5. The van der Waals surface area contributed by atoms with E-state index in [0.717, 1.165) is 16.3 Å². The van der Waals surface area contributed by atoms with Gasteiger partial charge in [-0.1, -0.05) is 22.9 Å². The zero-order valence-corrected chi connectivity index (χ0v) is 12.6. The van der Waals surface area contributed by atoms with Crippen LogP contribution >= 0.6 is 27.3 Å². The summed E-state index contributed by atoms with van der Waals surface area (Å²) in [6, 6.07) is 4.97. The van der Waals surface area contributed by atoms with Crippen LogP contribution in [-0.4, -0.2) is 9.91 Å². The van der Waals surface area contributed by atoms with Crippen molar-refractivity contribution in [1.29, 1.82) is 0 Å². The van der Waals surface area contributed by atoms with Crippen molar-refractivity contribution in [3.8, 4) is 0 Å². The van der Waals surface area contributed by atoms with Crippen LogP contribution in [0.1, 0.15) is 16.8 Å². The molecule has 0 atom stereocenters. The standard InChI is InChI=1S/C12H12BrN3O2S/c1-2-12-15-7-9(19-12)6-14-10-4-3-8(13)5-11(10)16(17)18/h3-5,7,14H,2,6H2,1H3. The Hall–Kier alpha value is -1.47. The van der Waals surface area contributed by atoms with E-state index in [1.54, 1.807) is 29.7 Å². The summed E-state index contributed by atoms with van der Waals surface area (Å²) in [5, 5.41) is 15.1. The van der Waals surface area contributed by atoms with Crippen molar-refractivity contribution in [2.75, 3.05) is 5.32 Å². The maximum Gasteiger partial charge on any atom is 0.293 e. The maximum absolute atomic E-state index is 11.0. The molecule has 0 aliphatic rings. The molecule has 5 nitrogen and oxygen atoms in total. The second-order valence-corrected chi connectivity index (χ2v) is 5.96. The van der Waals surface area contributed by atoms with Gasteiger partial charge in [-0.2, -0.15) is 0 Å². The zero-order chi connectivity index (χ0) is 13.8. The molecule has 7 heteroatoms. The van der Waals surface area contributed by atoms with Gasteiger partial charge in [0.15, 0.2) is 0 Å². The van der Waals surface area contributed by atoms with Gasteiger partial charge in [-0.15, -0.1) is 11.3 Å². The zero-order valence-electron chi connectivity index (χ0n) is 10.2. The fraction of sp³-hybridized carbons (Fsp3) is 0.250. The van der Waals surface area contributed by atoms with Crippen molar-refractivity contribution in [2.24, 2.45) is 0 Å². The number of nitrogens with one attached hydrogen (secondary N) is 1. The summed E-state index contributed by atoms with van der Waals surface area (Å²) < 4.78 is 0.691. The van der Waals surface area contributed by atoms with Crippen LogP contribution in [0.3, 0.4) is 0 Å². The molecule has 2 rings (SSSR count). The molecular formula is C12H12BrN3O2S. The van der Waals surface area contributed by atoms with Crippen LogP contribution in [0, 0.1) is 10.1 Å². The van der Waals surface area contributed by atoms with E-state index < -0.39 is 4.92 Å². The van der Waals surface area contributed by atoms with E-state index in [9.17, 15) is 10.1 Å². The summed E-state index contributed by atoms with van der Waals surface area (Å²) in [5.41, 5.74) is 0.578. The Kier molecular flexibility index (Phi) is 4.49. The fourth-order valence-corrected chi connectivity index (χ4v) is 2.73. The lowest BCUT2D eigenvalue weighted by molar-refractivity contribution is -0.384. The average molecular weight is 342 g/mol. The number of benzene rings is 1. The van der Waals surface area contributed by atoms with E-state index in [0.29, 0.717) is 16.7 Å². The molecule has 1 aromatic carbocycles. The molecule has 0 aliphatic carbocycles. The molecule has 0 radical (unpaired) electrons. The largest absolute Gasteiger partial charge is 0.375 e. The minimum Gasteiger partial charge on any atom is -0.375 e. The number of halogens is 1. The molecule has 0 fully saturated rings. The summed E-state index contributed by atoms with van der Waals surface area (Å²) in [7, 11) is 0. The average Bonchev–Trinajstić information content (AvgIpc) is 2.85. The van der Waals surface area contributed by atoms with Gasteiger partial charge in [-0.3, -0.25) is 10.1 Å². The van der Waals surface area contributed by atoms with Crippen LogP contribution in [0.25, 0.3) is 0 Å². The molecule has 0 saturated carbocycles. The maximum atomic E-state index is 11.0. The number of anilines is 1. The highest BCUT2D eigenvalue weighted by Gasteiger charge is 2.14. The molecule has 1 aromatic heterocycles. The highest BCUT2D eigenvalue weighted by atomic mass is 79.9. The Bertz CT molecular complexity index is 600. The fourth-order valence-electron chi connectivity index (χ4n) is 1.58. The van der Waals surface area contributed by atoms with Crippen LogP contribution in [0.5, 0.6) is 0 Å². The topological polar surface area (TPSA) is 68.1 Å². The smallest absolute Gasteiger partial charge is 0.293 e. The summed E-state index contributed by atoms with van der Waals surface area (Å²) in [5.74, 6) is 0. The van der Waals surface area contributed by atoms with Gasteiger partial charge in [0.25, 0.3) is 5.69 Å². The van der Waals surface area contributed by atoms with E-state index in [1.165, 1.54) is 6.07 Å². The third-order valence-electron chi connectivity index (χ3n) is 2.51. The highest BCUT2D eigenvalue weighted by Crippen LogP contribution is 2.28. The predicted molar refractivity (Wildman–Crippen MR) is 79.6 cm³/mol. The molecule has 0 spiro atoms. The molecule has 19 heavy (non-hydrogen) atoms. The number of rotatable bonds is 5. The quantitative estimate of drug-likeness (QED) is 0.659. The molecule has 1 heterocycles. The minimum absolute atomic E-state index is 0.0644. The van der Waals surface area contributed by atoms with Crippen molar-refractivity contribution in [3.63, 3.8) is 0 Å². The van der Waals surface area contributed by atoms with E-state index in [-0.39, 0.29) is 5.69 Å². The molecule has 0 unspecified atom stereocenters. The van der Waals surface area contributed by atoms with Crippen molar-refractivity contribution < 1.29 is 4.92 Å². The summed E-state index contributed by atoms with van der Waals surface area (Å²) in [6.45, 7) is 2.59. The Morgan fingerprint density at radius 1 is 1.53 bits per heavy atom. The monoisotopic (exact) mass is 341 g/mol. The molecule has 0 aliphatic heterocycles. The van der Waals surface area contributed by atoms with Gasteiger partial charge in [0.05, 0.1) is 16.5 Å². The molecule has 0 amide bonds. The third kappa shape index (κ3) is 3.51. The van der Waals surface area contributed by atoms with Crippen molar-refractivity contribution in [3.05, 3.63) is 48.9 Å². The van der Waals surface area contributed by atoms with Crippen LogP contribution in [0.2, 0.25) is 0 Å². The molecule has 1 N–H and O–H groups in total. The minimum atomic E-state index is -0.392. The number of aromatic nitrogens is 1. The number of thiazole rings is 1. The van der Waals surface area contributed by atoms with Crippen LogP contribution in [0.15, 0.2) is 28.9 Å². The van der Waals surface area contributed by atoms with E-state index in [2.05, 4.69) is 33.2 Å². The van der Waals surface area contributed by atoms with Crippen molar-refractivity contribution >= 4 is 38.6 Å². The number of nitro benzene ring substituents is 1. The highest BCUT2D eigenvalue weighted by molar-refractivity contribution is 9.10. The second-order valence-electron chi connectivity index (χ2n) is 3.85. The van der Waals surface area contributed by atoms with Gasteiger partial charge in [0.1, 0.15) is 5.69 Å². The SMILES string of the molecule is CCc1ncc(CNc2ccc(Br)cc2[N+](=O)[O-])s1. The van der Waals surface area contributed by atoms with Crippen LogP contribution in [-0.2, 0) is 13.0 Å². The normalized spacial score (nSPS) is 10.4. The van der Waals surface area contributed by atoms with E-state index in [1.807, 2.05) is 0 Å². The van der Waals surface area contributed by atoms with Gasteiger partial charge in [0.2, 0.25) is 0 Å². The van der Waals surface area contributed by atoms with E-state index in [4.69, 9.17) is 0 Å². The van der Waals surface area contributed by atoms with Gasteiger partial charge in [0, 0.05) is 21.6 Å². The summed E-state index contributed by atoms with van der Waals surface area (Å²) in [6.07, 6.45) is 2.71. The lowest BCUT2D eigenvalue weighted by atomic mass is 10.2. The third-order valence-corrected chi connectivity index (χ3v) is 4.15. The van der Waals surface area contributed by atoms with Gasteiger partial charge < -0.3 is 5.32 Å². The van der Waals surface area contributed by atoms with Gasteiger partial charge in [-0.05, 0) is 18.6 Å². The predicted octanol–water partition coefficient (Wildman–Crippen LogP) is 3.99. The second kappa shape index (κ2) is 6.12. The van der Waals surface area contributed by atoms with Gasteiger partial charge in [-0.25, -0.2) is 4.98 Å². The van der Waals surface area contributed by atoms with Crippen molar-refractivity contribution in [2.45, 2.75) is 19.9 Å². The van der Waals surface area contributed by atoms with Crippen molar-refractivity contribution in [1.82, 2.24) is 4.98 Å². The van der Waals surface area contributed by atoms with Crippen LogP contribution < -0.4 is 5.32 Å². The molecule has 0 saturated heterocycles. The summed E-state index contributed by atoms with van der Waals surface area (Å²) in [4.78, 5) is 15.9. The first-order chi connectivity index (χ1) is 9.10. The van der Waals surface area contributed by atoms with E-state index >= 15 is 0 Å². The lowest BCUT2D eigenvalue weighted by Crippen LogP contribution is -2.01. The van der Waals surface area contributed by atoms with Crippen LogP contribution in [0.4, 0.5) is 11.4 Å². The number of nitro groups is 1. The first-order valence-electron chi connectivity index (χ1n) is 5.71. The first-order valence-corrected chi connectivity index (χ1v) is 7.32. The van der Waals surface area contributed by atoms with Gasteiger partial charge >= 0.3 is 0 Å². The molecule has 0 bridgehead atoms. The molecule has 100 valence electrons.